The first-order valence-corrected chi connectivity index (χ1v) is 41.6. The Morgan fingerprint density at radius 2 is 0.522 bits per heavy atom. The number of thioether (sulfide) groups is 4. The first kappa shape index (κ1) is 86.9. The van der Waals surface area contributed by atoms with Crippen molar-refractivity contribution < 1.29 is 36.8 Å². The first-order valence-electron chi connectivity index (χ1n) is 37.0. The van der Waals surface area contributed by atoms with E-state index in [9.17, 15) is 19.2 Å². The monoisotopic (exact) mass is 1590 g/mol. The predicted molar refractivity (Wildman–Crippen MR) is 472 cm³/mol. The van der Waals surface area contributed by atoms with Crippen LogP contribution in [0.3, 0.4) is 0 Å². The van der Waals surface area contributed by atoms with Gasteiger partial charge in [-0.05, 0) is 181 Å². The second-order valence-electron chi connectivity index (χ2n) is 27.4. The van der Waals surface area contributed by atoms with Crippen LogP contribution in [0.2, 0.25) is 0 Å². The molecule has 4 aromatic heterocycles. The molecule has 0 bridgehead atoms. The van der Waals surface area contributed by atoms with E-state index >= 15 is 0 Å². The number of para-hydroxylation sites is 4. The standard InChI is InChI=1S/C23H24N2O2S.3C22H22N2O2S.4CH4/c1-3-17-8-10-19(11-9-17)23-24-20(16(2)27-23)14-28-15-22(26)25-13-12-18-6-4-5-7-21(18)25;3*1-15-7-9-18(10-8-15)22-23-19(16(2)26-22)13-27-14-21(25)24-12-11-17-5-3-4-6-20(17)24;;;;/h4-11H,3,12-15H2,1-2H3;3*3-10H,11-14H2,1-2H3;4*1H4. The number of aromatic nitrogens is 4. The lowest BCUT2D eigenvalue weighted by molar-refractivity contribution is -0.116. The molecule has 0 atom stereocenters. The summed E-state index contributed by atoms with van der Waals surface area (Å²) in [6.07, 6.45) is 4.77. The van der Waals surface area contributed by atoms with E-state index in [1.165, 1.54) is 44.5 Å². The van der Waals surface area contributed by atoms with Gasteiger partial charge in [0.25, 0.3) is 0 Å². The van der Waals surface area contributed by atoms with E-state index in [4.69, 9.17) is 17.7 Å². The summed E-state index contributed by atoms with van der Waals surface area (Å²) < 4.78 is 23.3. The molecule has 20 heteroatoms. The van der Waals surface area contributed by atoms with Crippen LogP contribution in [0.25, 0.3) is 45.8 Å². The average Bonchev–Trinajstić information content (AvgIpc) is 1.69. The zero-order valence-corrected chi connectivity index (χ0v) is 66.2. The van der Waals surface area contributed by atoms with Gasteiger partial charge in [-0.3, -0.25) is 19.2 Å². The zero-order chi connectivity index (χ0) is 75.9. The summed E-state index contributed by atoms with van der Waals surface area (Å²) in [6, 6.07) is 65.3. The molecule has 4 amide bonds. The van der Waals surface area contributed by atoms with Crippen LogP contribution >= 0.6 is 47.0 Å². The number of hydrogen-bond acceptors (Lipinski definition) is 16. The summed E-state index contributed by atoms with van der Waals surface area (Å²) in [5, 5.41) is 0. The molecule has 0 saturated carbocycles. The summed E-state index contributed by atoms with van der Waals surface area (Å²) in [4.78, 5) is 76.6. The normalized spacial score (nSPS) is 12.6. The lowest BCUT2D eigenvalue weighted by Crippen LogP contribution is -2.30. The Labute approximate surface area is 684 Å². The van der Waals surface area contributed by atoms with E-state index in [1.54, 1.807) is 47.0 Å². The van der Waals surface area contributed by atoms with Gasteiger partial charge in [0.1, 0.15) is 23.0 Å². The van der Waals surface area contributed by atoms with E-state index in [-0.39, 0.29) is 53.3 Å². The quantitative estimate of drug-likeness (QED) is 0.0661. The zero-order valence-electron chi connectivity index (χ0n) is 63.0. The van der Waals surface area contributed by atoms with Gasteiger partial charge in [0.05, 0.1) is 45.8 Å². The first-order chi connectivity index (χ1) is 53.0. The maximum Gasteiger partial charge on any atom is 0.237 e. The number of oxazole rings is 4. The van der Waals surface area contributed by atoms with E-state index in [0.717, 1.165) is 149 Å². The van der Waals surface area contributed by atoms with Gasteiger partial charge in [-0.15, -0.1) is 47.0 Å². The Kier molecular flexibility index (Phi) is 31.6. The molecule has 0 aliphatic carbocycles. The number of benzene rings is 8. The molecule has 113 heavy (non-hydrogen) atoms. The van der Waals surface area contributed by atoms with Crippen LogP contribution in [0.1, 0.15) is 127 Å². The minimum atomic E-state index is 0. The average molecular weight is 1590 g/mol. The molecular formula is C93H106N8O8S4. The number of fused-ring (bicyclic) bond motifs is 4. The van der Waals surface area contributed by atoms with Crippen LogP contribution in [0.4, 0.5) is 22.7 Å². The number of anilines is 4. The molecule has 4 aliphatic rings. The number of amides is 4. The van der Waals surface area contributed by atoms with E-state index in [1.807, 2.05) is 156 Å². The predicted octanol–water partition coefficient (Wildman–Crippen LogP) is 21.9. The fourth-order valence-electron chi connectivity index (χ4n) is 13.4. The van der Waals surface area contributed by atoms with Crippen molar-refractivity contribution in [1.29, 1.82) is 0 Å². The maximum absolute atomic E-state index is 12.6. The molecule has 16 rings (SSSR count). The summed E-state index contributed by atoms with van der Waals surface area (Å²) in [5.41, 5.74) is 21.7. The van der Waals surface area contributed by atoms with Crippen LogP contribution < -0.4 is 19.6 Å². The van der Waals surface area contributed by atoms with Crippen molar-refractivity contribution >= 4 is 93.4 Å². The van der Waals surface area contributed by atoms with Crippen molar-refractivity contribution in [3.05, 3.63) is 284 Å². The van der Waals surface area contributed by atoms with Crippen molar-refractivity contribution in [2.75, 3.05) is 68.8 Å². The number of hydrogen-bond donors (Lipinski definition) is 0. The van der Waals surface area contributed by atoms with Crippen LogP contribution in [0.15, 0.2) is 212 Å². The van der Waals surface area contributed by atoms with Crippen LogP contribution in [-0.4, -0.2) is 92.8 Å². The largest absolute Gasteiger partial charge is 0.441 e. The third kappa shape index (κ3) is 21.8. The Balaban J connectivity index is 0.000000171. The Hall–Kier alpha value is -10.1. The number of nitrogens with zero attached hydrogens (tertiary/aromatic N) is 8. The highest BCUT2D eigenvalue weighted by atomic mass is 32.2. The van der Waals surface area contributed by atoms with Crippen molar-refractivity contribution in [3.63, 3.8) is 0 Å². The Morgan fingerprint density at radius 3 is 0.743 bits per heavy atom. The molecular weight excluding hydrogens is 1490 g/mol. The topological polar surface area (TPSA) is 185 Å². The van der Waals surface area contributed by atoms with Crippen LogP contribution in [-0.2, 0) is 74.3 Å². The lowest BCUT2D eigenvalue weighted by Gasteiger charge is -2.16. The highest BCUT2D eigenvalue weighted by molar-refractivity contribution is 7.99. The summed E-state index contributed by atoms with van der Waals surface area (Å²) in [7, 11) is 0. The fourth-order valence-corrected chi connectivity index (χ4v) is 16.9. The third-order valence-corrected chi connectivity index (χ3v) is 23.4. The number of carbonyl (C=O) groups excluding carboxylic acids is 4. The second-order valence-corrected chi connectivity index (χ2v) is 31.3. The molecule has 0 fully saturated rings. The van der Waals surface area contributed by atoms with Crippen LogP contribution in [0, 0.1) is 48.5 Å². The van der Waals surface area contributed by atoms with Gasteiger partial charge in [-0.1, -0.05) is 175 Å². The number of carbonyl (C=O) groups is 4. The van der Waals surface area contributed by atoms with Gasteiger partial charge in [-0.25, -0.2) is 19.9 Å². The highest BCUT2D eigenvalue weighted by Crippen LogP contribution is 2.35. The molecule has 0 N–H and O–H groups in total. The molecule has 8 aromatic carbocycles. The maximum atomic E-state index is 12.6. The van der Waals surface area contributed by atoms with Gasteiger partial charge in [0, 0.05) is 94.2 Å². The molecule has 4 aliphatic heterocycles. The molecule has 16 nitrogen and oxygen atoms in total. The lowest BCUT2D eigenvalue weighted by atomic mass is 10.1. The molecule has 590 valence electrons. The van der Waals surface area contributed by atoms with Gasteiger partial charge in [0.2, 0.25) is 47.2 Å². The third-order valence-electron chi connectivity index (χ3n) is 19.7. The van der Waals surface area contributed by atoms with E-state index < -0.39 is 0 Å². The van der Waals surface area contributed by atoms with Gasteiger partial charge in [-0.2, -0.15) is 0 Å². The molecule has 12 aromatic rings. The SMILES string of the molecule is C.C.C.C.CCc1ccc(-c2nc(CSCC(=O)N3CCc4ccccc43)c(C)o2)cc1.Cc1ccc(-c2nc(CSCC(=O)N3CCc4ccccc43)c(C)o2)cc1.Cc1ccc(-c2nc(CSCC(=O)N3CCc4ccccc43)c(C)o2)cc1.Cc1ccc(-c2nc(CSCC(=O)N3CCc4ccccc43)c(C)o2)cc1. The van der Waals surface area contributed by atoms with Gasteiger partial charge >= 0.3 is 0 Å². The second kappa shape index (κ2) is 41.1. The summed E-state index contributed by atoms with van der Waals surface area (Å²) in [6.45, 7) is 19.1. The number of rotatable bonds is 21. The van der Waals surface area contributed by atoms with Crippen molar-refractivity contribution in [1.82, 2.24) is 19.9 Å². The Morgan fingerprint density at radius 1 is 0.310 bits per heavy atom. The minimum absolute atomic E-state index is 0. The molecule has 8 heterocycles. The molecule has 0 unspecified atom stereocenters. The fraction of sp³-hybridized carbons (Fsp3) is 0.312. The molecule has 0 radical (unpaired) electrons. The molecule has 0 spiro atoms. The van der Waals surface area contributed by atoms with E-state index in [0.29, 0.717) is 69.6 Å². The van der Waals surface area contributed by atoms with Crippen molar-refractivity contribution in [2.45, 2.75) is 140 Å². The highest BCUT2D eigenvalue weighted by Gasteiger charge is 2.29. The van der Waals surface area contributed by atoms with E-state index in [2.05, 4.69) is 133 Å². The van der Waals surface area contributed by atoms with Crippen LogP contribution in [0.5, 0.6) is 0 Å². The van der Waals surface area contributed by atoms with Gasteiger partial charge in [0.15, 0.2) is 0 Å². The number of aryl methyl sites for hydroxylation is 8. The van der Waals surface area contributed by atoms with Crippen molar-refractivity contribution in [2.24, 2.45) is 0 Å². The molecule has 0 saturated heterocycles. The minimum Gasteiger partial charge on any atom is -0.441 e. The Bertz CT molecular complexity index is 4770. The van der Waals surface area contributed by atoms with Gasteiger partial charge < -0.3 is 37.3 Å². The summed E-state index contributed by atoms with van der Waals surface area (Å²) >= 11 is 6.35. The summed E-state index contributed by atoms with van der Waals surface area (Å²) in [5.74, 6) is 10.9. The smallest absolute Gasteiger partial charge is 0.237 e. The van der Waals surface area contributed by atoms with Crippen molar-refractivity contribution in [3.8, 4) is 45.8 Å².